The molecule has 10 N–H and O–H groups in total. The van der Waals surface area contributed by atoms with Crippen molar-refractivity contribution in [2.75, 3.05) is 0 Å². The van der Waals surface area contributed by atoms with Gasteiger partial charge in [0, 0.05) is 18.6 Å². The molecule has 0 aromatic carbocycles. The van der Waals surface area contributed by atoms with Crippen molar-refractivity contribution in [2.24, 2.45) is 5.73 Å². The Morgan fingerprint density at radius 2 is 0.938 bits per heavy atom. The molecule has 2 unspecified atom stereocenters. The van der Waals surface area contributed by atoms with E-state index in [0.717, 1.165) is 0 Å². The van der Waals surface area contributed by atoms with Crippen LogP contribution >= 0.6 is 0 Å². The quantitative estimate of drug-likeness (QED) is 0.161. The first-order valence-corrected chi connectivity index (χ1v) is 8.12. The third-order valence-electron chi connectivity index (χ3n) is 2.27. The van der Waals surface area contributed by atoms with E-state index in [1.807, 2.05) is 0 Å². The van der Waals surface area contributed by atoms with Gasteiger partial charge in [0.1, 0.15) is 12.1 Å². The van der Waals surface area contributed by atoms with Crippen LogP contribution in [0, 0.1) is 0 Å². The maximum absolute atomic E-state index is 9.99. The number of aliphatic hydroxyl groups is 1. The number of carbonyl (C=O) groups is 7. The Balaban J connectivity index is -0.000000166. The van der Waals surface area contributed by atoms with Gasteiger partial charge in [0.05, 0.1) is 12.8 Å². The molecule has 0 aliphatic carbocycles. The van der Waals surface area contributed by atoms with Gasteiger partial charge in [-0.05, 0) is 13.3 Å². The second-order valence-electron chi connectivity index (χ2n) is 5.19. The largest absolute Gasteiger partial charge is 0.481 e. The van der Waals surface area contributed by atoms with E-state index in [-0.39, 0.29) is 25.7 Å². The minimum Gasteiger partial charge on any atom is -0.481 e. The van der Waals surface area contributed by atoms with Gasteiger partial charge in [-0.1, -0.05) is 0 Å². The second kappa shape index (κ2) is 21.7. The van der Waals surface area contributed by atoms with Gasteiger partial charge in [-0.3, -0.25) is 19.2 Å². The lowest BCUT2D eigenvalue weighted by Gasteiger charge is -2.01. The lowest BCUT2D eigenvalue weighted by Crippen LogP contribution is -2.30. The predicted molar refractivity (Wildman–Crippen MR) is 101 cm³/mol. The zero-order valence-corrected chi connectivity index (χ0v) is 16.7. The summed E-state index contributed by atoms with van der Waals surface area (Å²) < 4.78 is 0. The van der Waals surface area contributed by atoms with Crippen molar-refractivity contribution >= 4 is 41.8 Å². The molecule has 0 aromatic rings. The fraction of sp³-hybridized carbons (Fsp3) is 0.438. The molecule has 0 saturated carbocycles. The van der Waals surface area contributed by atoms with Crippen LogP contribution in [-0.2, 0) is 33.6 Å². The third kappa shape index (κ3) is 45.0. The summed E-state index contributed by atoms with van der Waals surface area (Å²) in [5.74, 6) is -8.05. The van der Waals surface area contributed by atoms with Crippen molar-refractivity contribution < 1.29 is 74.4 Å². The predicted octanol–water partition coefficient (Wildman–Crippen LogP) is -1.64. The summed E-state index contributed by atoms with van der Waals surface area (Å²) in [6, 6.07) is -1.06. The van der Waals surface area contributed by atoms with E-state index in [1.165, 1.54) is 6.92 Å². The molecule has 0 rings (SSSR count). The Hall–Kier alpha value is -4.05. The molecule has 0 aliphatic rings. The van der Waals surface area contributed by atoms with Gasteiger partial charge in [0.25, 0.3) is 0 Å². The van der Waals surface area contributed by atoms with Crippen molar-refractivity contribution in [3.63, 3.8) is 0 Å². The van der Waals surface area contributed by atoms with E-state index >= 15 is 0 Å². The smallest absolute Gasteiger partial charge is 0.332 e. The van der Waals surface area contributed by atoms with Crippen LogP contribution in [0.15, 0.2) is 12.2 Å². The maximum atomic E-state index is 9.99. The van der Waals surface area contributed by atoms with Crippen LogP contribution < -0.4 is 5.73 Å². The summed E-state index contributed by atoms with van der Waals surface area (Å²) >= 11 is 0. The number of carboxylic acid groups (broad SMARTS) is 7. The SMILES string of the molecule is CC(O)C(=O)O.NC(CCC(=O)O)C(=O)O.O=C(O)/C=C\C(=O)O.O=C(O)CCC(=O)O. The monoisotopic (exact) mass is 471 g/mol. The van der Waals surface area contributed by atoms with Gasteiger partial charge >= 0.3 is 41.8 Å². The first-order chi connectivity index (χ1) is 14.4. The molecule has 0 bridgehead atoms. The van der Waals surface area contributed by atoms with Gasteiger partial charge in [0.15, 0.2) is 0 Å². The highest BCUT2D eigenvalue weighted by Crippen LogP contribution is 1.93. The van der Waals surface area contributed by atoms with Crippen LogP contribution in [0.1, 0.15) is 32.6 Å². The van der Waals surface area contributed by atoms with E-state index in [9.17, 15) is 33.6 Å². The highest BCUT2D eigenvalue weighted by Gasteiger charge is 2.12. The fourth-order valence-corrected chi connectivity index (χ4v) is 0.759. The van der Waals surface area contributed by atoms with Gasteiger partial charge in [0.2, 0.25) is 0 Å². The molecule has 16 nitrogen and oxygen atoms in total. The molecule has 0 aliphatic heterocycles. The number of hydrogen-bond donors (Lipinski definition) is 9. The van der Waals surface area contributed by atoms with E-state index in [2.05, 4.69) is 0 Å². The Morgan fingerprint density at radius 3 is 1.09 bits per heavy atom. The molecule has 16 heteroatoms. The summed E-state index contributed by atoms with van der Waals surface area (Å²) in [5.41, 5.74) is 5.00. The molecule has 0 spiro atoms. The van der Waals surface area contributed by atoms with Crippen molar-refractivity contribution in [1.29, 1.82) is 0 Å². The van der Waals surface area contributed by atoms with E-state index in [0.29, 0.717) is 12.2 Å². The minimum atomic E-state index is -1.26. The van der Waals surface area contributed by atoms with Crippen LogP contribution in [0.3, 0.4) is 0 Å². The number of aliphatic carboxylic acids is 7. The van der Waals surface area contributed by atoms with Gasteiger partial charge in [-0.2, -0.15) is 0 Å². The molecular formula is C16H25NO15. The van der Waals surface area contributed by atoms with Crippen LogP contribution in [0.4, 0.5) is 0 Å². The molecule has 0 radical (unpaired) electrons. The summed E-state index contributed by atoms with van der Waals surface area (Å²) in [5, 5.41) is 63.5. The van der Waals surface area contributed by atoms with Gasteiger partial charge in [-0.15, -0.1) is 0 Å². The Labute approximate surface area is 179 Å². The second-order valence-corrected chi connectivity index (χ2v) is 5.19. The van der Waals surface area contributed by atoms with Gasteiger partial charge in [-0.25, -0.2) is 14.4 Å². The first-order valence-electron chi connectivity index (χ1n) is 8.12. The zero-order valence-electron chi connectivity index (χ0n) is 16.7. The molecular weight excluding hydrogens is 446 g/mol. The average molecular weight is 471 g/mol. The number of nitrogens with two attached hydrogens (primary N) is 1. The van der Waals surface area contributed by atoms with E-state index in [4.69, 9.17) is 46.6 Å². The van der Waals surface area contributed by atoms with E-state index < -0.39 is 53.9 Å². The molecule has 0 saturated heterocycles. The molecule has 0 amide bonds. The average Bonchev–Trinajstić information content (AvgIpc) is 2.64. The van der Waals surface area contributed by atoms with Crippen LogP contribution in [0.5, 0.6) is 0 Å². The number of rotatable bonds is 10. The van der Waals surface area contributed by atoms with E-state index in [1.54, 1.807) is 0 Å². The zero-order chi connectivity index (χ0) is 26.4. The lowest BCUT2D eigenvalue weighted by atomic mass is 10.2. The third-order valence-corrected chi connectivity index (χ3v) is 2.27. The maximum Gasteiger partial charge on any atom is 0.332 e. The highest BCUT2D eigenvalue weighted by molar-refractivity contribution is 5.89. The summed E-state index contributed by atoms with van der Waals surface area (Å²) in [6.45, 7) is 1.20. The molecule has 0 fully saturated rings. The van der Waals surface area contributed by atoms with Crippen LogP contribution in [0.2, 0.25) is 0 Å². The highest BCUT2D eigenvalue weighted by atomic mass is 16.4. The topological polar surface area (TPSA) is 307 Å². The van der Waals surface area contributed by atoms with Crippen LogP contribution in [0.25, 0.3) is 0 Å². The number of aliphatic hydroxyl groups excluding tert-OH is 1. The van der Waals surface area contributed by atoms with Crippen molar-refractivity contribution in [1.82, 2.24) is 0 Å². The Kier molecular flexibility index (Phi) is 23.9. The lowest BCUT2D eigenvalue weighted by molar-refractivity contribution is -0.145. The molecule has 2 atom stereocenters. The number of carboxylic acids is 7. The standard InChI is InChI=1S/C5H9NO4.C4H6O4.C4H4O4.C3H6O3/c6-3(5(9)10)1-2-4(7)8;2*5-3(6)1-2-4(7)8;1-2(4)3(5)6/h3H,1-2,6H2,(H,7,8)(H,9,10);1-2H2,(H,5,6)(H,7,8);1-2H,(H,5,6)(H,7,8);2,4H,1H3,(H,5,6)/b;;2-1-;. The molecule has 0 aromatic heterocycles. The summed E-state index contributed by atoms with van der Waals surface area (Å²) in [7, 11) is 0. The molecule has 32 heavy (non-hydrogen) atoms. The summed E-state index contributed by atoms with van der Waals surface area (Å²) in [6.07, 6.45) is -0.932. The minimum absolute atomic E-state index is 0.0231. The summed E-state index contributed by atoms with van der Waals surface area (Å²) in [4.78, 5) is 67.7. The molecule has 184 valence electrons. The van der Waals surface area contributed by atoms with Crippen molar-refractivity contribution in [3.8, 4) is 0 Å². The first kappa shape index (κ1) is 35.4. The fourth-order valence-electron chi connectivity index (χ4n) is 0.759. The Bertz CT molecular complexity index is 638. The number of hydrogen-bond acceptors (Lipinski definition) is 9. The van der Waals surface area contributed by atoms with Crippen LogP contribution in [-0.4, -0.2) is 94.8 Å². The van der Waals surface area contributed by atoms with Crippen molar-refractivity contribution in [3.05, 3.63) is 12.2 Å². The van der Waals surface area contributed by atoms with Crippen molar-refractivity contribution in [2.45, 2.75) is 44.8 Å². The van der Waals surface area contributed by atoms with Gasteiger partial charge < -0.3 is 46.6 Å². The molecule has 0 heterocycles. The normalized spacial score (nSPS) is 11.0. The Morgan fingerprint density at radius 1 is 0.656 bits per heavy atom.